The monoisotopic (exact) mass is 552 g/mol. The van der Waals surface area contributed by atoms with Crippen molar-refractivity contribution in [1.29, 1.82) is 0 Å². The van der Waals surface area contributed by atoms with Crippen LogP contribution in [0.25, 0.3) is 0 Å². The molecule has 0 saturated carbocycles. The zero-order valence-electron chi connectivity index (χ0n) is 15.5. The Morgan fingerprint density at radius 1 is 0.536 bits per heavy atom. The van der Waals surface area contributed by atoms with Crippen LogP contribution in [0.2, 0.25) is 0 Å². The van der Waals surface area contributed by atoms with Gasteiger partial charge in [0, 0.05) is 0 Å². The SMILES string of the molecule is Brc1ccc(C[S][Sn]([c]2ccccc2)([c]2ccccc2)[c]2ccccc2)cc1. The van der Waals surface area contributed by atoms with Gasteiger partial charge in [-0.15, -0.1) is 0 Å². The summed E-state index contributed by atoms with van der Waals surface area (Å²) in [5, 5.41) is 0. The summed E-state index contributed by atoms with van der Waals surface area (Å²) >= 11 is 0.340. The molecule has 0 aromatic heterocycles. The molecule has 0 spiro atoms. The third-order valence-corrected chi connectivity index (χ3v) is 25.9. The van der Waals surface area contributed by atoms with Gasteiger partial charge in [-0.25, -0.2) is 0 Å². The Bertz CT molecular complexity index is 906. The molecule has 0 aliphatic rings. The van der Waals surface area contributed by atoms with Crippen LogP contribution < -0.4 is 10.7 Å². The van der Waals surface area contributed by atoms with Crippen molar-refractivity contribution >= 4 is 52.6 Å². The van der Waals surface area contributed by atoms with Crippen molar-refractivity contribution in [3.05, 3.63) is 125 Å². The molecule has 138 valence electrons. The number of hydrogen-bond donors (Lipinski definition) is 0. The molecule has 0 bridgehead atoms. The molecule has 3 heteroatoms. The Labute approximate surface area is 182 Å². The zero-order chi connectivity index (χ0) is 19.2. The molecule has 4 rings (SSSR count). The molecule has 0 saturated heterocycles. The van der Waals surface area contributed by atoms with Crippen LogP contribution in [0.5, 0.6) is 0 Å². The summed E-state index contributed by atoms with van der Waals surface area (Å²) in [6.45, 7) is 0. The van der Waals surface area contributed by atoms with Crippen LogP contribution in [-0.2, 0) is 5.75 Å². The summed E-state index contributed by atoms with van der Waals surface area (Å²) < 4.78 is 5.66. The molecule has 0 aliphatic carbocycles. The second-order valence-corrected chi connectivity index (χ2v) is 23.6. The predicted molar refractivity (Wildman–Crippen MR) is 129 cm³/mol. The van der Waals surface area contributed by atoms with Crippen molar-refractivity contribution in [1.82, 2.24) is 0 Å². The molecule has 0 nitrogen and oxygen atoms in total. The van der Waals surface area contributed by atoms with Crippen LogP contribution in [-0.4, -0.2) is 17.0 Å². The first-order valence-corrected chi connectivity index (χ1v) is 18.9. The van der Waals surface area contributed by atoms with Crippen LogP contribution in [0, 0.1) is 0 Å². The summed E-state index contributed by atoms with van der Waals surface area (Å²) in [6.07, 6.45) is 0. The van der Waals surface area contributed by atoms with Gasteiger partial charge in [0.1, 0.15) is 0 Å². The molecular formula is C25H21BrSSn. The molecule has 4 aromatic rings. The van der Waals surface area contributed by atoms with Gasteiger partial charge in [-0.2, -0.15) is 0 Å². The fourth-order valence-corrected chi connectivity index (χ4v) is 23.7. The van der Waals surface area contributed by atoms with Gasteiger partial charge in [0.2, 0.25) is 0 Å². The standard InChI is InChI=1S/C7H7BrS.3C6H5.Sn/c8-7-3-1-6(5-9)2-4-7;3*1-2-4-6-5-3-1;/h1-4,9H,5H2;3*1-5H;/q;;;;+1/p-1. The predicted octanol–water partition coefficient (Wildman–Crippen LogP) is 5.35. The average Bonchev–Trinajstić information content (AvgIpc) is 2.78. The van der Waals surface area contributed by atoms with E-state index in [1.807, 2.05) is 0 Å². The molecule has 4 aromatic carbocycles. The van der Waals surface area contributed by atoms with Gasteiger partial charge in [-0.05, 0) is 0 Å². The second kappa shape index (κ2) is 9.34. The first-order chi connectivity index (χ1) is 13.8. The maximum atomic E-state index is 3.55. The molecule has 0 atom stereocenters. The first kappa shape index (κ1) is 19.8. The Morgan fingerprint density at radius 2 is 0.929 bits per heavy atom. The molecular weight excluding hydrogens is 531 g/mol. The average molecular weight is 552 g/mol. The molecule has 0 N–H and O–H groups in total. The van der Waals surface area contributed by atoms with E-state index in [9.17, 15) is 0 Å². The molecule has 0 fully saturated rings. The molecule has 0 radical (unpaired) electrons. The van der Waals surface area contributed by atoms with E-state index < -0.39 is 17.0 Å². The summed E-state index contributed by atoms with van der Waals surface area (Å²) in [6, 6.07) is 42.3. The van der Waals surface area contributed by atoms with Crippen LogP contribution in [0.1, 0.15) is 5.56 Å². The van der Waals surface area contributed by atoms with Gasteiger partial charge in [0.05, 0.1) is 0 Å². The Morgan fingerprint density at radius 3 is 1.32 bits per heavy atom. The second-order valence-electron chi connectivity index (χ2n) is 6.69. The van der Waals surface area contributed by atoms with Crippen LogP contribution >= 0.6 is 24.9 Å². The number of rotatable bonds is 6. The Hall–Kier alpha value is -1.49. The fourth-order valence-electron chi connectivity index (χ4n) is 3.54. The van der Waals surface area contributed by atoms with Crippen molar-refractivity contribution in [2.45, 2.75) is 5.75 Å². The van der Waals surface area contributed by atoms with Crippen LogP contribution in [0.4, 0.5) is 0 Å². The fraction of sp³-hybridized carbons (Fsp3) is 0.0400. The van der Waals surface area contributed by atoms with E-state index in [1.54, 1.807) is 0 Å². The number of hydrogen-bond acceptors (Lipinski definition) is 1. The van der Waals surface area contributed by atoms with Crippen LogP contribution in [0.15, 0.2) is 120 Å². The third-order valence-electron chi connectivity index (χ3n) is 4.91. The number of benzene rings is 4. The summed E-state index contributed by atoms with van der Waals surface area (Å²) in [5.74, 6) is 1.02. The van der Waals surface area contributed by atoms with Gasteiger partial charge in [0.25, 0.3) is 0 Å². The normalized spacial score (nSPS) is 11.3. The molecule has 0 aliphatic heterocycles. The van der Waals surface area contributed by atoms with Crippen LogP contribution in [0.3, 0.4) is 0 Å². The molecule has 28 heavy (non-hydrogen) atoms. The van der Waals surface area contributed by atoms with Crippen molar-refractivity contribution in [3.63, 3.8) is 0 Å². The third kappa shape index (κ3) is 4.24. The minimum atomic E-state index is -3.21. The van der Waals surface area contributed by atoms with E-state index in [1.165, 1.54) is 16.3 Å². The Balaban J connectivity index is 1.86. The van der Waals surface area contributed by atoms with Gasteiger partial charge in [-0.1, -0.05) is 0 Å². The van der Waals surface area contributed by atoms with E-state index in [2.05, 4.69) is 140 Å². The summed E-state index contributed by atoms with van der Waals surface area (Å²) in [5.41, 5.74) is 1.37. The van der Waals surface area contributed by atoms with Gasteiger partial charge in [0.15, 0.2) is 0 Å². The van der Waals surface area contributed by atoms with E-state index in [0.29, 0.717) is 0 Å². The van der Waals surface area contributed by atoms with E-state index in [0.717, 1.165) is 10.2 Å². The van der Waals surface area contributed by atoms with Gasteiger partial charge < -0.3 is 0 Å². The maximum absolute atomic E-state index is 3.55. The van der Waals surface area contributed by atoms with E-state index in [4.69, 9.17) is 0 Å². The molecule has 0 heterocycles. The van der Waals surface area contributed by atoms with E-state index in [-0.39, 0.29) is 0 Å². The minimum absolute atomic E-state index is 1.02. The molecule has 0 unspecified atom stereocenters. The van der Waals surface area contributed by atoms with Gasteiger partial charge in [-0.3, -0.25) is 0 Å². The van der Waals surface area contributed by atoms with Crippen molar-refractivity contribution < 1.29 is 0 Å². The quantitative estimate of drug-likeness (QED) is 0.291. The summed E-state index contributed by atoms with van der Waals surface area (Å²) in [4.78, 5) is 0. The van der Waals surface area contributed by atoms with Crippen molar-refractivity contribution in [3.8, 4) is 0 Å². The van der Waals surface area contributed by atoms with E-state index >= 15 is 0 Å². The molecule has 0 amide bonds. The number of halogens is 1. The van der Waals surface area contributed by atoms with Crippen molar-refractivity contribution in [2.24, 2.45) is 0 Å². The summed E-state index contributed by atoms with van der Waals surface area (Å²) in [7, 11) is 2.18. The Kier molecular flexibility index (Phi) is 6.61. The topological polar surface area (TPSA) is 0 Å². The zero-order valence-corrected chi connectivity index (χ0v) is 20.7. The van der Waals surface area contributed by atoms with Gasteiger partial charge >= 0.3 is 184 Å². The van der Waals surface area contributed by atoms with Crippen molar-refractivity contribution in [2.75, 3.05) is 0 Å². The first-order valence-electron chi connectivity index (χ1n) is 9.34.